The van der Waals surface area contributed by atoms with E-state index in [2.05, 4.69) is 33.8 Å². The third-order valence-electron chi connectivity index (χ3n) is 6.17. The zero-order valence-electron chi connectivity index (χ0n) is 19.8. The van der Waals surface area contributed by atoms with Crippen molar-refractivity contribution in [3.63, 3.8) is 0 Å². The van der Waals surface area contributed by atoms with Gasteiger partial charge in [-0.25, -0.2) is 4.79 Å². The minimum atomic E-state index is -0.449. The van der Waals surface area contributed by atoms with Crippen molar-refractivity contribution >= 4 is 29.0 Å². The fourth-order valence-electron chi connectivity index (χ4n) is 4.15. The lowest BCUT2D eigenvalue weighted by molar-refractivity contribution is 0.0951. The van der Waals surface area contributed by atoms with Crippen LogP contribution in [0, 0.1) is 17.2 Å². The van der Waals surface area contributed by atoms with Gasteiger partial charge in [-0.3, -0.25) is 4.79 Å². The summed E-state index contributed by atoms with van der Waals surface area (Å²) in [6.45, 7) is 4.46. The van der Waals surface area contributed by atoms with Crippen LogP contribution in [0.15, 0.2) is 72.8 Å². The topological polar surface area (TPSA) is 97.3 Å². The molecule has 1 fully saturated rings. The fraction of sp³-hybridized carbons (Fsp3) is 0.250. The average Bonchev–Trinajstić information content (AvgIpc) is 2.88. The summed E-state index contributed by atoms with van der Waals surface area (Å²) in [5, 5.41) is 17.6. The third kappa shape index (κ3) is 6.39. The second kappa shape index (κ2) is 11.2. The molecule has 0 aromatic heterocycles. The number of nitrogens with one attached hydrogen (secondary N) is 3. The van der Waals surface area contributed by atoms with Gasteiger partial charge in [0.15, 0.2) is 0 Å². The number of hydrogen-bond acceptors (Lipinski definition) is 4. The molecule has 3 aromatic rings. The Morgan fingerprint density at radius 3 is 2.37 bits per heavy atom. The van der Waals surface area contributed by atoms with Crippen molar-refractivity contribution in [2.24, 2.45) is 5.92 Å². The van der Waals surface area contributed by atoms with Gasteiger partial charge >= 0.3 is 6.03 Å². The van der Waals surface area contributed by atoms with Crippen molar-refractivity contribution in [3.8, 4) is 6.07 Å². The molecule has 7 nitrogen and oxygen atoms in total. The highest BCUT2D eigenvalue weighted by Gasteiger charge is 2.22. The van der Waals surface area contributed by atoms with E-state index in [-0.39, 0.29) is 5.91 Å². The second-order valence-corrected chi connectivity index (χ2v) is 8.84. The van der Waals surface area contributed by atoms with Gasteiger partial charge in [-0.1, -0.05) is 43.3 Å². The van der Waals surface area contributed by atoms with Crippen LogP contribution < -0.4 is 20.9 Å². The number of rotatable bonds is 6. The van der Waals surface area contributed by atoms with Crippen molar-refractivity contribution in [2.45, 2.75) is 26.3 Å². The maximum absolute atomic E-state index is 13.2. The molecule has 3 N–H and O–H groups in total. The Balaban J connectivity index is 1.52. The number of nitriles is 1. The van der Waals surface area contributed by atoms with E-state index < -0.39 is 6.03 Å². The van der Waals surface area contributed by atoms with Crippen LogP contribution in [0.5, 0.6) is 0 Å². The summed E-state index contributed by atoms with van der Waals surface area (Å²) in [6.07, 6.45) is 2.16. The molecular weight excluding hydrogens is 438 g/mol. The van der Waals surface area contributed by atoms with Gasteiger partial charge in [-0.05, 0) is 60.7 Å². The first-order chi connectivity index (χ1) is 17.0. The molecule has 0 spiro atoms. The molecule has 178 valence electrons. The zero-order valence-corrected chi connectivity index (χ0v) is 19.8. The number of nitrogens with zero attached hydrogens (tertiary/aromatic N) is 2. The SMILES string of the molecule is CC1CCN(c2ccc(NC(=O)Nc3cccc(C#N)c3)cc2C(=O)NCc2ccccc2)CC1. The highest BCUT2D eigenvalue weighted by Crippen LogP contribution is 2.29. The van der Waals surface area contributed by atoms with E-state index in [9.17, 15) is 9.59 Å². The van der Waals surface area contributed by atoms with Gasteiger partial charge in [0.1, 0.15) is 0 Å². The lowest BCUT2D eigenvalue weighted by Crippen LogP contribution is -2.35. The number of carbonyl (C=O) groups excluding carboxylic acids is 2. The summed E-state index contributed by atoms with van der Waals surface area (Å²) in [5.41, 5.74) is 3.90. The summed E-state index contributed by atoms with van der Waals surface area (Å²) in [6, 6.07) is 23.5. The lowest BCUT2D eigenvalue weighted by atomic mass is 9.97. The van der Waals surface area contributed by atoms with Gasteiger partial charge in [0.25, 0.3) is 5.91 Å². The van der Waals surface area contributed by atoms with Gasteiger partial charge in [0.2, 0.25) is 0 Å². The standard InChI is InChI=1S/C28H29N5O2/c1-20-12-14-33(15-13-20)26-11-10-24(32-28(35)31-23-9-5-8-22(16-23)18-29)17-25(26)27(34)30-19-21-6-3-2-4-7-21/h2-11,16-17,20H,12-15,19H2,1H3,(H,30,34)(H2,31,32,35). The molecule has 3 amide bonds. The zero-order chi connectivity index (χ0) is 24.6. The van der Waals surface area contributed by atoms with E-state index >= 15 is 0 Å². The van der Waals surface area contributed by atoms with Gasteiger partial charge in [0.05, 0.1) is 17.2 Å². The quantitative estimate of drug-likeness (QED) is 0.454. The molecule has 0 saturated carbocycles. The maximum atomic E-state index is 13.2. The normalized spacial score (nSPS) is 13.5. The highest BCUT2D eigenvalue weighted by atomic mass is 16.2. The van der Waals surface area contributed by atoms with Crippen LogP contribution in [-0.4, -0.2) is 25.0 Å². The van der Waals surface area contributed by atoms with Crippen molar-refractivity contribution in [1.29, 1.82) is 5.26 Å². The van der Waals surface area contributed by atoms with E-state index in [1.165, 1.54) is 0 Å². The molecule has 0 aliphatic carbocycles. The molecule has 1 heterocycles. The van der Waals surface area contributed by atoms with Crippen LogP contribution in [0.2, 0.25) is 0 Å². The molecule has 1 aliphatic rings. The van der Waals surface area contributed by atoms with Gasteiger partial charge in [-0.15, -0.1) is 0 Å². The first-order valence-electron chi connectivity index (χ1n) is 11.8. The van der Waals surface area contributed by atoms with Crippen LogP contribution in [0.25, 0.3) is 0 Å². The molecule has 0 unspecified atom stereocenters. The minimum absolute atomic E-state index is 0.187. The molecule has 4 rings (SSSR count). The van der Waals surface area contributed by atoms with Crippen LogP contribution in [-0.2, 0) is 6.54 Å². The molecule has 0 bridgehead atoms. The number of hydrogen-bond donors (Lipinski definition) is 3. The predicted molar refractivity (Wildman–Crippen MR) is 138 cm³/mol. The first-order valence-corrected chi connectivity index (χ1v) is 11.8. The van der Waals surface area contributed by atoms with E-state index in [0.717, 1.165) is 37.2 Å². The largest absolute Gasteiger partial charge is 0.371 e. The van der Waals surface area contributed by atoms with Crippen molar-refractivity contribution in [3.05, 3.63) is 89.5 Å². The molecule has 1 saturated heterocycles. The number of piperidine rings is 1. The van der Waals surface area contributed by atoms with Crippen molar-refractivity contribution in [1.82, 2.24) is 5.32 Å². The summed E-state index contributed by atoms with van der Waals surface area (Å²) in [7, 11) is 0. The Bertz CT molecular complexity index is 1230. The molecular formula is C28H29N5O2. The Morgan fingerprint density at radius 1 is 0.943 bits per heavy atom. The fourth-order valence-corrected chi connectivity index (χ4v) is 4.15. The van der Waals surface area contributed by atoms with Crippen molar-refractivity contribution < 1.29 is 9.59 Å². The van der Waals surface area contributed by atoms with Crippen LogP contribution in [0.1, 0.15) is 41.3 Å². The van der Waals surface area contributed by atoms with Crippen LogP contribution in [0.3, 0.4) is 0 Å². The molecule has 7 heteroatoms. The maximum Gasteiger partial charge on any atom is 0.323 e. The molecule has 1 aliphatic heterocycles. The number of benzene rings is 3. The van der Waals surface area contributed by atoms with E-state index in [1.807, 2.05) is 42.5 Å². The summed E-state index contributed by atoms with van der Waals surface area (Å²) in [5.74, 6) is 0.485. The summed E-state index contributed by atoms with van der Waals surface area (Å²) in [4.78, 5) is 28.1. The monoisotopic (exact) mass is 467 g/mol. The van der Waals surface area contributed by atoms with Gasteiger partial charge in [-0.2, -0.15) is 5.26 Å². The number of amides is 3. The number of carbonyl (C=O) groups is 2. The second-order valence-electron chi connectivity index (χ2n) is 8.84. The van der Waals surface area contributed by atoms with Crippen LogP contribution >= 0.6 is 0 Å². The Kier molecular flexibility index (Phi) is 7.63. The van der Waals surface area contributed by atoms with E-state index in [4.69, 9.17) is 5.26 Å². The predicted octanol–water partition coefficient (Wildman–Crippen LogP) is 5.37. The average molecular weight is 468 g/mol. The molecule has 0 radical (unpaired) electrons. The summed E-state index contributed by atoms with van der Waals surface area (Å²) >= 11 is 0. The molecule has 3 aromatic carbocycles. The van der Waals surface area contributed by atoms with Gasteiger partial charge in [0, 0.05) is 36.7 Å². The number of anilines is 3. The van der Waals surface area contributed by atoms with Crippen LogP contribution in [0.4, 0.5) is 21.9 Å². The van der Waals surface area contributed by atoms with Gasteiger partial charge < -0.3 is 20.9 Å². The Labute approximate surface area is 205 Å². The smallest absolute Gasteiger partial charge is 0.323 e. The highest BCUT2D eigenvalue weighted by molar-refractivity contribution is 6.04. The van der Waals surface area contributed by atoms with Crippen molar-refractivity contribution in [2.75, 3.05) is 28.6 Å². The Hall–Kier alpha value is -4.31. The molecule has 0 atom stereocenters. The first kappa shape index (κ1) is 23.8. The molecule has 35 heavy (non-hydrogen) atoms. The number of urea groups is 1. The third-order valence-corrected chi connectivity index (χ3v) is 6.17. The Morgan fingerprint density at radius 2 is 1.66 bits per heavy atom. The van der Waals surface area contributed by atoms with E-state index in [1.54, 1.807) is 30.3 Å². The van der Waals surface area contributed by atoms with E-state index in [0.29, 0.717) is 35.0 Å². The summed E-state index contributed by atoms with van der Waals surface area (Å²) < 4.78 is 0. The minimum Gasteiger partial charge on any atom is -0.371 e. The lowest BCUT2D eigenvalue weighted by Gasteiger charge is -2.33.